The van der Waals surface area contributed by atoms with E-state index >= 15 is 0 Å². The number of nitrogens with one attached hydrogen (secondary N) is 2. The molecule has 0 spiro atoms. The molecule has 4 aromatic rings. The summed E-state index contributed by atoms with van der Waals surface area (Å²) >= 11 is 0. The van der Waals surface area contributed by atoms with Crippen LogP contribution in [0.2, 0.25) is 0 Å². The lowest BCUT2D eigenvalue weighted by Crippen LogP contribution is -2.11. The Morgan fingerprint density at radius 3 is 2.30 bits per heavy atom. The first-order valence-electron chi connectivity index (χ1n) is 10.8. The van der Waals surface area contributed by atoms with Gasteiger partial charge in [-0.3, -0.25) is 0 Å². The van der Waals surface area contributed by atoms with E-state index in [1.165, 1.54) is 11.8 Å². The lowest BCUT2D eigenvalue weighted by atomic mass is 10.1. The van der Waals surface area contributed by atoms with E-state index < -0.39 is 5.97 Å². The Balaban J connectivity index is 1.72. The van der Waals surface area contributed by atoms with Gasteiger partial charge in [0.05, 0.1) is 18.0 Å². The van der Waals surface area contributed by atoms with E-state index in [0.29, 0.717) is 11.6 Å². The van der Waals surface area contributed by atoms with Crippen LogP contribution in [0.15, 0.2) is 79.0 Å². The summed E-state index contributed by atoms with van der Waals surface area (Å²) in [5.41, 5.74) is 6.04. The van der Waals surface area contributed by atoms with Gasteiger partial charge in [-0.1, -0.05) is 53.6 Å². The molecule has 3 aromatic carbocycles. The molecule has 0 atom stereocenters. The van der Waals surface area contributed by atoms with E-state index in [0.717, 1.165) is 28.2 Å². The topological polar surface area (TPSA) is 76.1 Å². The molecule has 0 fully saturated rings. The quantitative estimate of drug-likeness (QED) is 0.324. The number of aryl methyl sites for hydroxylation is 2. The first-order valence-corrected chi connectivity index (χ1v) is 10.8. The minimum atomic E-state index is -0.472. The zero-order valence-corrected chi connectivity index (χ0v) is 18.9. The van der Waals surface area contributed by atoms with E-state index in [9.17, 15) is 4.79 Å². The average molecular weight is 439 g/mol. The Kier molecular flexibility index (Phi) is 6.64. The van der Waals surface area contributed by atoms with Crippen molar-refractivity contribution in [3.8, 4) is 11.4 Å². The van der Waals surface area contributed by atoms with Crippen molar-refractivity contribution < 1.29 is 9.53 Å². The molecule has 6 nitrogen and oxygen atoms in total. The number of hydrogen-bond acceptors (Lipinski definition) is 6. The maximum atomic E-state index is 12.6. The molecule has 0 unspecified atom stereocenters. The summed E-state index contributed by atoms with van der Waals surface area (Å²) < 4.78 is 5.23. The molecule has 1 aromatic heterocycles. The normalized spacial score (nSPS) is 10.5. The largest absolute Gasteiger partial charge is 0.462 e. The van der Waals surface area contributed by atoms with Crippen LogP contribution in [0.4, 0.5) is 22.9 Å². The van der Waals surface area contributed by atoms with Crippen LogP contribution in [0.5, 0.6) is 0 Å². The Morgan fingerprint density at radius 2 is 1.61 bits per heavy atom. The lowest BCUT2D eigenvalue weighted by Gasteiger charge is -2.16. The highest BCUT2D eigenvalue weighted by Crippen LogP contribution is 2.30. The van der Waals surface area contributed by atoms with Crippen molar-refractivity contribution in [1.29, 1.82) is 0 Å². The second-order valence-corrected chi connectivity index (χ2v) is 7.71. The van der Waals surface area contributed by atoms with Crippen molar-refractivity contribution in [3.05, 3.63) is 95.7 Å². The van der Waals surface area contributed by atoms with Gasteiger partial charge in [-0.05, 0) is 51.1 Å². The molecule has 0 radical (unpaired) electrons. The maximum Gasteiger partial charge on any atom is 0.343 e. The van der Waals surface area contributed by atoms with E-state index in [1.807, 2.05) is 67.6 Å². The first kappa shape index (κ1) is 22.0. The van der Waals surface area contributed by atoms with Crippen molar-refractivity contribution in [2.45, 2.75) is 20.8 Å². The number of aromatic nitrogens is 2. The van der Waals surface area contributed by atoms with Crippen LogP contribution in [0, 0.1) is 13.8 Å². The summed E-state index contributed by atoms with van der Waals surface area (Å²) in [4.78, 5) is 21.7. The van der Waals surface area contributed by atoms with E-state index in [2.05, 4.69) is 34.7 Å². The first-order chi connectivity index (χ1) is 16.0. The van der Waals surface area contributed by atoms with Crippen LogP contribution in [0.1, 0.15) is 28.4 Å². The van der Waals surface area contributed by atoms with Crippen LogP contribution in [0.3, 0.4) is 0 Å². The van der Waals surface area contributed by atoms with Crippen LogP contribution >= 0.6 is 0 Å². The molecule has 0 bridgehead atoms. The summed E-state index contributed by atoms with van der Waals surface area (Å²) in [7, 11) is 0. The monoisotopic (exact) mass is 438 g/mol. The maximum absolute atomic E-state index is 12.6. The number of carbonyl (C=O) groups is 1. The third kappa shape index (κ3) is 5.36. The Hall–Kier alpha value is -4.19. The number of rotatable bonds is 7. The van der Waals surface area contributed by atoms with Gasteiger partial charge in [0.2, 0.25) is 0 Å². The summed E-state index contributed by atoms with van der Waals surface area (Å²) in [5.74, 6) is 0.441. The Morgan fingerprint density at radius 1 is 0.879 bits per heavy atom. The van der Waals surface area contributed by atoms with E-state index in [1.54, 1.807) is 6.92 Å². The van der Waals surface area contributed by atoms with Gasteiger partial charge in [0.1, 0.15) is 11.4 Å². The van der Waals surface area contributed by atoms with Gasteiger partial charge in [0.25, 0.3) is 0 Å². The number of esters is 1. The number of hydrogen-bond donors (Lipinski definition) is 2. The highest BCUT2D eigenvalue weighted by molar-refractivity contribution is 5.96. The zero-order valence-electron chi connectivity index (χ0n) is 18.9. The van der Waals surface area contributed by atoms with Gasteiger partial charge >= 0.3 is 5.97 Å². The molecule has 2 N–H and O–H groups in total. The number of nitrogens with zero attached hydrogens (tertiary/aromatic N) is 2. The van der Waals surface area contributed by atoms with Gasteiger partial charge in [-0.15, -0.1) is 0 Å². The minimum absolute atomic E-state index is 0.267. The van der Waals surface area contributed by atoms with Gasteiger partial charge < -0.3 is 15.4 Å². The van der Waals surface area contributed by atoms with Gasteiger partial charge in [-0.25, -0.2) is 14.8 Å². The van der Waals surface area contributed by atoms with Crippen LogP contribution < -0.4 is 10.6 Å². The Bertz CT molecular complexity index is 1270. The van der Waals surface area contributed by atoms with E-state index in [4.69, 9.17) is 9.72 Å². The number of anilines is 4. The van der Waals surface area contributed by atoms with Crippen LogP contribution in [-0.2, 0) is 4.74 Å². The second kappa shape index (κ2) is 9.96. The lowest BCUT2D eigenvalue weighted by molar-refractivity contribution is 0.0526. The highest BCUT2D eigenvalue weighted by atomic mass is 16.5. The molecule has 33 heavy (non-hydrogen) atoms. The molecule has 0 saturated heterocycles. The molecule has 0 aliphatic carbocycles. The summed E-state index contributed by atoms with van der Waals surface area (Å²) in [5, 5.41) is 6.75. The molecular formula is C27H26N4O2. The fraction of sp³-hybridized carbons (Fsp3) is 0.148. The molecule has 166 valence electrons. The summed E-state index contributed by atoms with van der Waals surface area (Å²) in [6, 6.07) is 23.9. The Labute approximate surface area is 193 Å². The fourth-order valence-corrected chi connectivity index (χ4v) is 3.38. The van der Waals surface area contributed by atoms with Gasteiger partial charge in [-0.2, -0.15) is 0 Å². The van der Waals surface area contributed by atoms with Crippen molar-refractivity contribution in [3.63, 3.8) is 0 Å². The van der Waals surface area contributed by atoms with Gasteiger partial charge in [0, 0.05) is 17.4 Å². The predicted octanol–water partition coefficient (Wildman–Crippen LogP) is 6.42. The fourth-order valence-electron chi connectivity index (χ4n) is 3.38. The number of carbonyl (C=O) groups excluding carboxylic acids is 1. The average Bonchev–Trinajstić information content (AvgIpc) is 2.82. The van der Waals surface area contributed by atoms with Gasteiger partial charge in [0.15, 0.2) is 5.82 Å². The molecule has 0 aliphatic heterocycles. The molecule has 0 saturated carbocycles. The van der Waals surface area contributed by atoms with Crippen molar-refractivity contribution in [2.75, 3.05) is 17.2 Å². The third-order valence-corrected chi connectivity index (χ3v) is 5.07. The smallest absolute Gasteiger partial charge is 0.343 e. The molecule has 0 aliphatic rings. The number of para-hydroxylation sites is 2. The minimum Gasteiger partial charge on any atom is -0.462 e. The molecule has 0 amide bonds. The van der Waals surface area contributed by atoms with Crippen molar-refractivity contribution >= 4 is 28.8 Å². The summed E-state index contributed by atoms with van der Waals surface area (Å²) in [6.45, 7) is 6.11. The zero-order chi connectivity index (χ0) is 23.2. The molecule has 6 heteroatoms. The van der Waals surface area contributed by atoms with Crippen molar-refractivity contribution in [1.82, 2.24) is 9.97 Å². The molecular weight excluding hydrogens is 412 g/mol. The van der Waals surface area contributed by atoms with Crippen LogP contribution in [-0.4, -0.2) is 22.5 Å². The van der Waals surface area contributed by atoms with Crippen molar-refractivity contribution in [2.24, 2.45) is 0 Å². The molecule has 1 heterocycles. The van der Waals surface area contributed by atoms with E-state index in [-0.39, 0.29) is 12.2 Å². The SMILES string of the molecule is CCOC(=O)c1cnc(-c2cccc(C)c2)nc1Nc1ccccc1Nc1ccc(C)cc1. The third-order valence-electron chi connectivity index (χ3n) is 5.07. The molecule has 4 rings (SSSR count). The summed E-state index contributed by atoms with van der Waals surface area (Å²) in [6.07, 6.45) is 1.51. The standard InChI is InChI=1S/C27H26N4O2/c1-4-33-27(32)22-17-28-25(20-9-7-8-19(3)16-20)31-26(22)30-24-11-6-5-10-23(24)29-21-14-12-18(2)13-15-21/h5-17,29H,4H2,1-3H3,(H,28,30,31). The number of benzene rings is 3. The van der Waals surface area contributed by atoms with Crippen LogP contribution in [0.25, 0.3) is 11.4 Å². The predicted molar refractivity (Wildman–Crippen MR) is 132 cm³/mol. The number of ether oxygens (including phenoxy) is 1. The second-order valence-electron chi connectivity index (χ2n) is 7.71. The highest BCUT2D eigenvalue weighted by Gasteiger charge is 2.18.